The van der Waals surface area contributed by atoms with Crippen LogP contribution in [0.15, 0.2) is 35.5 Å². The number of carbonyl (C=O) groups excluding carboxylic acids is 1. The molecule has 0 saturated carbocycles. The summed E-state index contributed by atoms with van der Waals surface area (Å²) >= 11 is 11.6. The van der Waals surface area contributed by atoms with Crippen molar-refractivity contribution in [2.24, 2.45) is 0 Å². The molecule has 1 aromatic carbocycles. The molecule has 84 valence electrons. The quantitative estimate of drug-likeness (QED) is 0.784. The number of halogens is 2. The molecule has 1 aliphatic heterocycles. The third-order valence-corrected chi connectivity index (χ3v) is 3.13. The van der Waals surface area contributed by atoms with E-state index in [1.54, 1.807) is 11.2 Å². The van der Waals surface area contributed by atoms with Gasteiger partial charge < -0.3 is 0 Å². The van der Waals surface area contributed by atoms with Crippen molar-refractivity contribution in [3.05, 3.63) is 41.1 Å². The molecule has 1 aromatic rings. The number of aryl methyl sites for hydroxylation is 1. The third kappa shape index (κ3) is 2.15. The molecule has 16 heavy (non-hydrogen) atoms. The number of carbonyl (C=O) groups is 1. The lowest BCUT2D eigenvalue weighted by Gasteiger charge is -2.27. The summed E-state index contributed by atoms with van der Waals surface area (Å²) in [6.45, 7) is 2.00. The summed E-state index contributed by atoms with van der Waals surface area (Å²) in [4.78, 5) is 11.4. The van der Waals surface area contributed by atoms with E-state index in [0.29, 0.717) is 5.03 Å². The number of nitrogens with zero attached hydrogens (tertiary/aromatic N) is 1. The van der Waals surface area contributed by atoms with Gasteiger partial charge in [-0.2, -0.15) is 0 Å². The first-order valence-electron chi connectivity index (χ1n) is 4.75. The van der Waals surface area contributed by atoms with Gasteiger partial charge in [-0.1, -0.05) is 29.3 Å². The summed E-state index contributed by atoms with van der Waals surface area (Å²) in [5.74, 6) is -0.324. The minimum Gasteiger partial charge on any atom is -0.271 e. The Morgan fingerprint density at radius 2 is 1.94 bits per heavy atom. The van der Waals surface area contributed by atoms with Gasteiger partial charge in [-0.05, 0) is 19.1 Å². The number of hydrogen-bond donors (Lipinski definition) is 1. The summed E-state index contributed by atoms with van der Waals surface area (Å²) < 4.78 is 0. The summed E-state index contributed by atoms with van der Waals surface area (Å²) in [7, 11) is 0. The molecule has 0 radical (unpaired) electrons. The largest absolute Gasteiger partial charge is 0.271 e. The molecule has 3 nitrogen and oxygen atoms in total. The van der Waals surface area contributed by atoms with Crippen LogP contribution in [0.2, 0.25) is 0 Å². The predicted molar refractivity (Wildman–Crippen MR) is 65.4 cm³/mol. The van der Waals surface area contributed by atoms with Crippen LogP contribution >= 0.6 is 23.2 Å². The highest BCUT2D eigenvalue weighted by Gasteiger charge is 2.26. The molecule has 1 unspecified atom stereocenters. The Balaban J connectivity index is 2.29. The van der Waals surface area contributed by atoms with Gasteiger partial charge in [0.05, 0.1) is 10.7 Å². The maximum Gasteiger partial charge on any atom is 0.262 e. The monoisotopic (exact) mass is 256 g/mol. The number of benzene rings is 1. The third-order valence-electron chi connectivity index (χ3n) is 2.27. The zero-order valence-corrected chi connectivity index (χ0v) is 10.1. The van der Waals surface area contributed by atoms with Gasteiger partial charge in [0, 0.05) is 6.20 Å². The average Bonchev–Trinajstić information content (AvgIpc) is 2.26. The highest BCUT2D eigenvalue weighted by Crippen LogP contribution is 2.23. The van der Waals surface area contributed by atoms with Crippen LogP contribution in [0.3, 0.4) is 0 Å². The molecule has 1 aliphatic rings. The lowest BCUT2D eigenvalue weighted by atomic mass is 10.2. The zero-order chi connectivity index (χ0) is 11.7. The number of alkyl halides is 1. The Hall–Kier alpha value is -1.19. The fourth-order valence-corrected chi connectivity index (χ4v) is 1.67. The van der Waals surface area contributed by atoms with Crippen molar-refractivity contribution in [3.63, 3.8) is 0 Å². The maximum atomic E-state index is 11.4. The van der Waals surface area contributed by atoms with Crippen molar-refractivity contribution in [2.75, 3.05) is 5.01 Å². The second-order valence-electron chi connectivity index (χ2n) is 3.56. The number of nitrogens with one attached hydrogen (secondary N) is 1. The normalized spacial score (nSPS) is 20.4. The topological polar surface area (TPSA) is 32.3 Å². The summed E-state index contributed by atoms with van der Waals surface area (Å²) in [5, 5.41) is 1.07. The fourth-order valence-electron chi connectivity index (χ4n) is 1.37. The van der Waals surface area contributed by atoms with Crippen molar-refractivity contribution >= 4 is 34.8 Å². The van der Waals surface area contributed by atoms with Crippen molar-refractivity contribution < 1.29 is 4.79 Å². The Labute approximate surface area is 104 Å². The minimum absolute atomic E-state index is 0.311. The Bertz CT molecular complexity index is 442. The molecule has 1 heterocycles. The van der Waals surface area contributed by atoms with E-state index in [-0.39, 0.29) is 5.91 Å². The van der Waals surface area contributed by atoms with Crippen LogP contribution in [0.5, 0.6) is 0 Å². The highest BCUT2D eigenvalue weighted by atomic mass is 35.5. The first-order chi connectivity index (χ1) is 7.58. The van der Waals surface area contributed by atoms with Gasteiger partial charge in [-0.3, -0.25) is 15.2 Å². The van der Waals surface area contributed by atoms with Gasteiger partial charge in [-0.25, -0.2) is 0 Å². The fraction of sp³-hybridized carbons (Fsp3) is 0.182. The molecule has 1 amide bonds. The van der Waals surface area contributed by atoms with Gasteiger partial charge in [0.25, 0.3) is 5.91 Å². The smallest absolute Gasteiger partial charge is 0.262 e. The van der Waals surface area contributed by atoms with E-state index in [4.69, 9.17) is 23.2 Å². The summed E-state index contributed by atoms with van der Waals surface area (Å²) in [6, 6.07) is 7.70. The van der Waals surface area contributed by atoms with E-state index in [1.807, 2.05) is 31.2 Å². The maximum absolute atomic E-state index is 11.4. The van der Waals surface area contributed by atoms with Gasteiger partial charge >= 0.3 is 0 Å². The van der Waals surface area contributed by atoms with Gasteiger partial charge in [-0.15, -0.1) is 11.6 Å². The molecular formula is C11H10Cl2N2O. The first kappa shape index (κ1) is 11.3. The molecule has 0 saturated heterocycles. The molecule has 1 atom stereocenters. The second-order valence-corrected chi connectivity index (χ2v) is 4.43. The Morgan fingerprint density at radius 3 is 2.50 bits per heavy atom. The molecule has 0 bridgehead atoms. The van der Waals surface area contributed by atoms with Crippen molar-refractivity contribution in [3.8, 4) is 0 Å². The molecule has 2 rings (SSSR count). The van der Waals surface area contributed by atoms with E-state index in [9.17, 15) is 4.79 Å². The van der Waals surface area contributed by atoms with E-state index in [2.05, 4.69) is 5.43 Å². The van der Waals surface area contributed by atoms with Crippen molar-refractivity contribution in [1.29, 1.82) is 0 Å². The first-order valence-corrected chi connectivity index (χ1v) is 5.57. The lowest BCUT2D eigenvalue weighted by molar-refractivity contribution is -0.120. The lowest BCUT2D eigenvalue weighted by Crippen LogP contribution is -2.46. The van der Waals surface area contributed by atoms with Gasteiger partial charge in [0.1, 0.15) is 0 Å². The average molecular weight is 257 g/mol. The second kappa shape index (κ2) is 4.36. The van der Waals surface area contributed by atoms with E-state index in [1.165, 1.54) is 0 Å². The SMILES string of the molecule is Cc1ccc(N2C=C(Cl)C(Cl)C(=O)N2)cc1. The molecule has 0 aliphatic carbocycles. The molecule has 1 N–H and O–H groups in total. The molecule has 5 heteroatoms. The number of anilines is 1. The summed E-state index contributed by atoms with van der Waals surface area (Å²) in [6.07, 6.45) is 1.60. The number of hydrogen-bond acceptors (Lipinski definition) is 2. The minimum atomic E-state index is -0.802. The highest BCUT2D eigenvalue weighted by molar-refractivity contribution is 6.43. The van der Waals surface area contributed by atoms with E-state index in [0.717, 1.165) is 11.3 Å². The van der Waals surface area contributed by atoms with Gasteiger partial charge in [0.2, 0.25) is 0 Å². The molecule has 0 aromatic heterocycles. The molecule has 0 spiro atoms. The number of hydrazine groups is 1. The van der Waals surface area contributed by atoms with E-state index < -0.39 is 5.38 Å². The van der Waals surface area contributed by atoms with Gasteiger partial charge in [0.15, 0.2) is 5.38 Å². The Kier molecular flexibility index (Phi) is 3.08. The van der Waals surface area contributed by atoms with Crippen molar-refractivity contribution in [1.82, 2.24) is 5.43 Å². The van der Waals surface area contributed by atoms with Crippen LogP contribution in [0.4, 0.5) is 5.69 Å². The van der Waals surface area contributed by atoms with Crippen LogP contribution in [0.25, 0.3) is 0 Å². The zero-order valence-electron chi connectivity index (χ0n) is 8.58. The van der Waals surface area contributed by atoms with E-state index >= 15 is 0 Å². The molecular weight excluding hydrogens is 247 g/mol. The predicted octanol–water partition coefficient (Wildman–Crippen LogP) is 2.53. The van der Waals surface area contributed by atoms with Crippen LogP contribution < -0.4 is 10.4 Å². The number of amides is 1. The Morgan fingerprint density at radius 1 is 1.31 bits per heavy atom. The van der Waals surface area contributed by atoms with Crippen molar-refractivity contribution in [2.45, 2.75) is 12.3 Å². The van der Waals surface area contributed by atoms with Crippen LogP contribution in [-0.4, -0.2) is 11.3 Å². The van der Waals surface area contributed by atoms with Crippen LogP contribution in [0, 0.1) is 6.92 Å². The standard InChI is InChI=1S/C11H10Cl2N2O/c1-7-2-4-8(5-3-7)15-6-9(12)10(13)11(16)14-15/h2-6,10H,1H3,(H,14,16). The van der Waals surface area contributed by atoms with Crippen LogP contribution in [-0.2, 0) is 4.79 Å². The summed E-state index contributed by atoms with van der Waals surface area (Å²) in [5.41, 5.74) is 4.62. The molecule has 0 fully saturated rings. The number of rotatable bonds is 1. The van der Waals surface area contributed by atoms with Crippen LogP contribution in [0.1, 0.15) is 5.56 Å².